The molecule has 3 aromatic rings. The van der Waals surface area contributed by atoms with Crippen molar-refractivity contribution < 1.29 is 9.59 Å². The van der Waals surface area contributed by atoms with Gasteiger partial charge >= 0.3 is 0 Å². The molecule has 7 heteroatoms. The van der Waals surface area contributed by atoms with E-state index in [1.807, 2.05) is 30.3 Å². The van der Waals surface area contributed by atoms with Gasteiger partial charge in [-0.1, -0.05) is 30.3 Å². The number of nitrogens with one attached hydrogen (secondary N) is 2. The second-order valence-electron chi connectivity index (χ2n) is 4.72. The smallest absolute Gasteiger partial charge is 0.267 e. The number of nitrogens with zero attached hydrogens (tertiary/aromatic N) is 1. The van der Waals surface area contributed by atoms with Gasteiger partial charge in [0.05, 0.1) is 11.3 Å². The number of thiophene rings is 1. The molecule has 0 spiro atoms. The first-order chi connectivity index (χ1) is 11.1. The maximum atomic E-state index is 12.2. The Bertz CT molecular complexity index is 826. The summed E-state index contributed by atoms with van der Waals surface area (Å²) in [5.41, 5.74) is 6.95. The van der Waals surface area contributed by atoms with E-state index >= 15 is 0 Å². The summed E-state index contributed by atoms with van der Waals surface area (Å²) in [7, 11) is 0. The van der Waals surface area contributed by atoms with E-state index in [0.717, 1.165) is 10.6 Å². The Labute approximate surface area is 141 Å². The van der Waals surface area contributed by atoms with Crippen molar-refractivity contribution in [3.8, 4) is 10.6 Å². The number of hydrogen-bond acceptors (Lipinski definition) is 5. The summed E-state index contributed by atoms with van der Waals surface area (Å²) < 4.78 is 0. The van der Waals surface area contributed by atoms with Crippen molar-refractivity contribution >= 4 is 34.5 Å². The number of thiazole rings is 1. The minimum Gasteiger partial charge on any atom is -0.267 e. The van der Waals surface area contributed by atoms with Gasteiger partial charge in [0.1, 0.15) is 9.88 Å². The number of aryl methyl sites for hydroxylation is 1. The third kappa shape index (κ3) is 3.46. The van der Waals surface area contributed by atoms with E-state index in [1.165, 1.54) is 22.7 Å². The zero-order valence-corrected chi connectivity index (χ0v) is 13.8. The van der Waals surface area contributed by atoms with Gasteiger partial charge in [-0.15, -0.1) is 11.3 Å². The van der Waals surface area contributed by atoms with Gasteiger partial charge in [-0.3, -0.25) is 20.4 Å². The molecule has 0 aliphatic heterocycles. The van der Waals surface area contributed by atoms with Crippen LogP contribution in [-0.2, 0) is 0 Å². The molecule has 0 unspecified atom stereocenters. The van der Waals surface area contributed by atoms with Crippen LogP contribution in [0.25, 0.3) is 10.6 Å². The highest BCUT2D eigenvalue weighted by Gasteiger charge is 2.17. The lowest BCUT2D eigenvalue weighted by molar-refractivity contribution is 0.0848. The fraction of sp³-hybridized carbons (Fsp3) is 0.0625. The molecule has 116 valence electrons. The van der Waals surface area contributed by atoms with E-state index in [0.29, 0.717) is 16.1 Å². The van der Waals surface area contributed by atoms with Crippen molar-refractivity contribution in [2.45, 2.75) is 6.92 Å². The average Bonchev–Trinajstić information content (AvgIpc) is 3.23. The van der Waals surface area contributed by atoms with Gasteiger partial charge in [-0.05, 0) is 18.4 Å². The van der Waals surface area contributed by atoms with Crippen LogP contribution < -0.4 is 10.9 Å². The van der Waals surface area contributed by atoms with Gasteiger partial charge in [0.15, 0.2) is 0 Å². The molecule has 2 amide bonds. The van der Waals surface area contributed by atoms with Crippen molar-refractivity contribution in [2.24, 2.45) is 0 Å². The third-order valence-electron chi connectivity index (χ3n) is 3.10. The number of aromatic nitrogens is 1. The van der Waals surface area contributed by atoms with E-state index in [2.05, 4.69) is 15.8 Å². The lowest BCUT2D eigenvalue weighted by atomic mass is 10.2. The van der Waals surface area contributed by atoms with Crippen molar-refractivity contribution in [3.63, 3.8) is 0 Å². The van der Waals surface area contributed by atoms with Crippen LogP contribution in [0.4, 0.5) is 0 Å². The number of benzene rings is 1. The predicted octanol–water partition coefficient (Wildman–Crippen LogP) is 3.25. The molecule has 2 N–H and O–H groups in total. The van der Waals surface area contributed by atoms with Crippen LogP contribution >= 0.6 is 22.7 Å². The predicted molar refractivity (Wildman–Crippen MR) is 91.5 cm³/mol. The van der Waals surface area contributed by atoms with E-state index in [9.17, 15) is 9.59 Å². The van der Waals surface area contributed by atoms with E-state index in [-0.39, 0.29) is 11.8 Å². The lowest BCUT2D eigenvalue weighted by Gasteiger charge is -2.05. The Hall–Kier alpha value is -2.51. The molecule has 3 rings (SSSR count). The van der Waals surface area contributed by atoms with Crippen LogP contribution in [0, 0.1) is 6.92 Å². The van der Waals surface area contributed by atoms with E-state index in [1.54, 1.807) is 23.8 Å². The van der Waals surface area contributed by atoms with Gasteiger partial charge in [0.25, 0.3) is 11.8 Å². The van der Waals surface area contributed by atoms with Gasteiger partial charge in [0.2, 0.25) is 0 Å². The number of hydrogen-bond donors (Lipinski definition) is 2. The largest absolute Gasteiger partial charge is 0.281 e. The first-order valence-corrected chi connectivity index (χ1v) is 8.57. The standard InChI is InChI=1S/C16H13N3O2S2/c1-10-13(23-16(17-10)11-5-3-2-4-6-11)15(21)19-18-14(20)12-7-8-22-9-12/h2-9H,1H3,(H,18,20)(H,19,21). The van der Waals surface area contributed by atoms with Crippen LogP contribution in [-0.4, -0.2) is 16.8 Å². The molecule has 1 aromatic carbocycles. The zero-order chi connectivity index (χ0) is 16.2. The van der Waals surface area contributed by atoms with Gasteiger partial charge < -0.3 is 0 Å². The van der Waals surface area contributed by atoms with Gasteiger partial charge in [-0.25, -0.2) is 4.98 Å². The van der Waals surface area contributed by atoms with Gasteiger partial charge in [0, 0.05) is 10.9 Å². The zero-order valence-electron chi connectivity index (χ0n) is 12.2. The molecule has 0 fully saturated rings. The fourth-order valence-corrected chi connectivity index (χ4v) is 3.55. The highest BCUT2D eigenvalue weighted by atomic mass is 32.1. The molecular weight excluding hydrogens is 330 g/mol. The Morgan fingerprint density at radius 2 is 1.78 bits per heavy atom. The van der Waals surface area contributed by atoms with Crippen LogP contribution in [0.5, 0.6) is 0 Å². The van der Waals surface area contributed by atoms with Crippen molar-refractivity contribution in [1.82, 2.24) is 15.8 Å². The average molecular weight is 343 g/mol. The molecule has 0 radical (unpaired) electrons. The minimum absolute atomic E-state index is 0.343. The minimum atomic E-state index is -0.370. The summed E-state index contributed by atoms with van der Waals surface area (Å²) >= 11 is 2.72. The summed E-state index contributed by atoms with van der Waals surface area (Å²) in [4.78, 5) is 29.0. The monoisotopic (exact) mass is 343 g/mol. The number of carbonyl (C=O) groups excluding carboxylic acids is 2. The molecule has 0 aliphatic carbocycles. The maximum absolute atomic E-state index is 12.2. The number of carbonyl (C=O) groups is 2. The van der Waals surface area contributed by atoms with Crippen molar-refractivity contribution in [1.29, 1.82) is 0 Å². The number of rotatable bonds is 3. The van der Waals surface area contributed by atoms with Crippen molar-refractivity contribution in [2.75, 3.05) is 0 Å². The van der Waals surface area contributed by atoms with Crippen LogP contribution in [0.15, 0.2) is 47.2 Å². The Morgan fingerprint density at radius 1 is 1.04 bits per heavy atom. The number of amides is 2. The normalized spacial score (nSPS) is 10.3. The van der Waals surface area contributed by atoms with Crippen LogP contribution in [0.2, 0.25) is 0 Å². The Morgan fingerprint density at radius 3 is 2.48 bits per heavy atom. The van der Waals surface area contributed by atoms with E-state index < -0.39 is 0 Å². The second-order valence-corrected chi connectivity index (χ2v) is 6.50. The lowest BCUT2D eigenvalue weighted by Crippen LogP contribution is -2.41. The molecule has 0 aliphatic rings. The Balaban J connectivity index is 1.70. The highest BCUT2D eigenvalue weighted by Crippen LogP contribution is 2.27. The molecule has 0 bridgehead atoms. The summed E-state index contributed by atoms with van der Waals surface area (Å²) in [5, 5.41) is 4.29. The van der Waals surface area contributed by atoms with Crippen LogP contribution in [0.1, 0.15) is 25.7 Å². The third-order valence-corrected chi connectivity index (χ3v) is 4.98. The summed E-state index contributed by atoms with van der Waals surface area (Å²) in [6.45, 7) is 1.78. The SMILES string of the molecule is Cc1nc(-c2ccccc2)sc1C(=O)NNC(=O)c1ccsc1. The summed E-state index contributed by atoms with van der Waals surface area (Å²) in [5.74, 6) is -0.712. The molecule has 23 heavy (non-hydrogen) atoms. The quantitative estimate of drug-likeness (QED) is 0.717. The van der Waals surface area contributed by atoms with E-state index in [4.69, 9.17) is 0 Å². The molecule has 2 aromatic heterocycles. The fourth-order valence-electron chi connectivity index (χ4n) is 1.95. The molecule has 0 saturated carbocycles. The molecule has 2 heterocycles. The Kier molecular flexibility index (Phi) is 4.50. The summed E-state index contributed by atoms with van der Waals surface area (Å²) in [6, 6.07) is 11.4. The molecule has 5 nitrogen and oxygen atoms in total. The molecular formula is C16H13N3O2S2. The molecule has 0 saturated heterocycles. The number of hydrazine groups is 1. The second kappa shape index (κ2) is 6.72. The highest BCUT2D eigenvalue weighted by molar-refractivity contribution is 7.17. The van der Waals surface area contributed by atoms with Crippen molar-refractivity contribution in [3.05, 3.63) is 63.3 Å². The maximum Gasteiger partial charge on any atom is 0.281 e. The molecule has 0 atom stereocenters. The summed E-state index contributed by atoms with van der Waals surface area (Å²) in [6.07, 6.45) is 0. The topological polar surface area (TPSA) is 71.1 Å². The van der Waals surface area contributed by atoms with Crippen LogP contribution in [0.3, 0.4) is 0 Å². The first kappa shape index (κ1) is 15.4. The van der Waals surface area contributed by atoms with Gasteiger partial charge in [-0.2, -0.15) is 11.3 Å². The first-order valence-electron chi connectivity index (χ1n) is 6.81.